The summed E-state index contributed by atoms with van der Waals surface area (Å²) in [6.45, 7) is 7.53. The highest BCUT2D eigenvalue weighted by atomic mass is 15.2. The Labute approximate surface area is 97.9 Å². The lowest BCUT2D eigenvalue weighted by atomic mass is 10.2. The van der Waals surface area contributed by atoms with Crippen molar-refractivity contribution in [2.75, 3.05) is 17.2 Å². The van der Waals surface area contributed by atoms with Gasteiger partial charge in [0.1, 0.15) is 6.33 Å². The van der Waals surface area contributed by atoms with E-state index in [1.165, 1.54) is 19.3 Å². The molecule has 4 heteroatoms. The number of aromatic nitrogens is 2. The molecular formula is C12H22N4. The first kappa shape index (κ1) is 12.7. The van der Waals surface area contributed by atoms with Gasteiger partial charge in [0.05, 0.1) is 11.9 Å². The quantitative estimate of drug-likeness (QED) is 0.751. The predicted octanol–water partition coefficient (Wildman–Crippen LogP) is 2.46. The van der Waals surface area contributed by atoms with Crippen molar-refractivity contribution in [3.05, 3.63) is 12.5 Å². The number of unbranched alkanes of at least 4 members (excludes halogenated alkanes) is 2. The number of hydrogen-bond donors (Lipinski definition) is 1. The summed E-state index contributed by atoms with van der Waals surface area (Å²) in [5.41, 5.74) is 6.56. The maximum atomic E-state index is 5.90. The van der Waals surface area contributed by atoms with Crippen molar-refractivity contribution in [3.8, 4) is 0 Å². The molecule has 0 saturated heterocycles. The summed E-state index contributed by atoms with van der Waals surface area (Å²) >= 11 is 0. The molecule has 0 aliphatic heterocycles. The van der Waals surface area contributed by atoms with Crippen molar-refractivity contribution in [1.29, 1.82) is 0 Å². The number of rotatable bonds is 6. The first-order valence-electron chi connectivity index (χ1n) is 5.99. The molecule has 0 aliphatic rings. The lowest BCUT2D eigenvalue weighted by Gasteiger charge is -2.28. The van der Waals surface area contributed by atoms with Gasteiger partial charge in [-0.05, 0) is 20.3 Å². The Morgan fingerprint density at radius 1 is 1.38 bits per heavy atom. The van der Waals surface area contributed by atoms with Gasteiger partial charge in [0, 0.05) is 12.6 Å². The molecule has 2 N–H and O–H groups in total. The molecule has 0 radical (unpaired) electrons. The molecule has 0 unspecified atom stereocenters. The standard InChI is InChI=1S/C12H22N4/c1-4-5-6-7-16(10(2)3)12-11(13)8-14-9-15-12/h8-10H,4-7,13H2,1-3H3. The minimum absolute atomic E-state index is 0.411. The summed E-state index contributed by atoms with van der Waals surface area (Å²) in [7, 11) is 0. The maximum Gasteiger partial charge on any atom is 0.155 e. The van der Waals surface area contributed by atoms with Crippen LogP contribution in [0.2, 0.25) is 0 Å². The maximum absolute atomic E-state index is 5.90. The van der Waals surface area contributed by atoms with Gasteiger partial charge in [0.15, 0.2) is 5.82 Å². The SMILES string of the molecule is CCCCCN(c1ncncc1N)C(C)C. The van der Waals surface area contributed by atoms with E-state index in [1.54, 1.807) is 12.5 Å². The molecule has 0 saturated carbocycles. The highest BCUT2D eigenvalue weighted by Crippen LogP contribution is 2.21. The zero-order chi connectivity index (χ0) is 12.0. The summed E-state index contributed by atoms with van der Waals surface area (Å²) in [4.78, 5) is 10.4. The van der Waals surface area contributed by atoms with Crippen molar-refractivity contribution in [3.63, 3.8) is 0 Å². The largest absolute Gasteiger partial charge is 0.394 e. The molecule has 16 heavy (non-hydrogen) atoms. The van der Waals surface area contributed by atoms with Gasteiger partial charge >= 0.3 is 0 Å². The zero-order valence-electron chi connectivity index (χ0n) is 10.5. The molecule has 1 aromatic rings. The van der Waals surface area contributed by atoms with Gasteiger partial charge in [-0.25, -0.2) is 9.97 Å². The summed E-state index contributed by atoms with van der Waals surface area (Å²) in [6, 6.07) is 0.411. The fourth-order valence-corrected chi connectivity index (χ4v) is 1.71. The Bertz CT molecular complexity index is 312. The van der Waals surface area contributed by atoms with Crippen LogP contribution in [-0.2, 0) is 0 Å². The van der Waals surface area contributed by atoms with Gasteiger partial charge in [0.25, 0.3) is 0 Å². The minimum atomic E-state index is 0.411. The molecule has 1 rings (SSSR count). The van der Waals surface area contributed by atoms with E-state index in [0.29, 0.717) is 11.7 Å². The Morgan fingerprint density at radius 3 is 2.69 bits per heavy atom. The van der Waals surface area contributed by atoms with Crippen LogP contribution in [0.1, 0.15) is 40.0 Å². The number of nitrogens with zero attached hydrogens (tertiary/aromatic N) is 3. The van der Waals surface area contributed by atoms with Crippen molar-refractivity contribution < 1.29 is 0 Å². The average Bonchev–Trinajstić information content (AvgIpc) is 2.25. The highest BCUT2D eigenvalue weighted by molar-refractivity contribution is 5.61. The lowest BCUT2D eigenvalue weighted by molar-refractivity contribution is 0.620. The second-order valence-electron chi connectivity index (χ2n) is 4.30. The lowest BCUT2D eigenvalue weighted by Crippen LogP contribution is -2.33. The van der Waals surface area contributed by atoms with Crippen molar-refractivity contribution in [2.24, 2.45) is 0 Å². The number of anilines is 2. The van der Waals surface area contributed by atoms with E-state index >= 15 is 0 Å². The summed E-state index contributed by atoms with van der Waals surface area (Å²) in [5.74, 6) is 0.862. The first-order valence-corrected chi connectivity index (χ1v) is 5.99. The van der Waals surface area contributed by atoms with Gasteiger partial charge in [-0.15, -0.1) is 0 Å². The summed E-state index contributed by atoms with van der Waals surface area (Å²) < 4.78 is 0. The molecule has 0 aliphatic carbocycles. The third kappa shape index (κ3) is 3.36. The molecule has 90 valence electrons. The number of nitrogens with two attached hydrogens (primary N) is 1. The van der Waals surface area contributed by atoms with Gasteiger partial charge in [-0.3, -0.25) is 0 Å². The van der Waals surface area contributed by atoms with Gasteiger partial charge < -0.3 is 10.6 Å². The Morgan fingerprint density at radius 2 is 2.12 bits per heavy atom. The van der Waals surface area contributed by atoms with Crippen molar-refractivity contribution in [2.45, 2.75) is 46.1 Å². The molecule has 0 spiro atoms. The molecule has 4 nitrogen and oxygen atoms in total. The van der Waals surface area contributed by atoms with Crippen molar-refractivity contribution in [1.82, 2.24) is 9.97 Å². The predicted molar refractivity (Wildman–Crippen MR) is 68.5 cm³/mol. The van der Waals surface area contributed by atoms with Gasteiger partial charge in [-0.2, -0.15) is 0 Å². The van der Waals surface area contributed by atoms with Gasteiger partial charge in [-0.1, -0.05) is 19.8 Å². The molecule has 0 atom stereocenters. The highest BCUT2D eigenvalue weighted by Gasteiger charge is 2.13. The topological polar surface area (TPSA) is 55.0 Å². The van der Waals surface area contributed by atoms with Crippen LogP contribution in [0.25, 0.3) is 0 Å². The van der Waals surface area contributed by atoms with Crippen LogP contribution in [-0.4, -0.2) is 22.6 Å². The summed E-state index contributed by atoms with van der Waals surface area (Å²) in [6.07, 6.45) is 6.87. The fraction of sp³-hybridized carbons (Fsp3) is 0.667. The molecule has 1 aromatic heterocycles. The Kier molecular flexibility index (Phi) is 5.02. The minimum Gasteiger partial charge on any atom is -0.394 e. The number of nitrogen functional groups attached to an aromatic ring is 1. The van der Waals surface area contributed by atoms with Crippen molar-refractivity contribution >= 4 is 11.5 Å². The fourth-order valence-electron chi connectivity index (χ4n) is 1.71. The van der Waals surface area contributed by atoms with E-state index in [2.05, 4.69) is 35.6 Å². The third-order valence-corrected chi connectivity index (χ3v) is 2.62. The van der Waals surface area contributed by atoms with Crippen LogP contribution < -0.4 is 10.6 Å². The molecular weight excluding hydrogens is 200 g/mol. The molecule has 0 amide bonds. The second-order valence-corrected chi connectivity index (χ2v) is 4.30. The van der Waals surface area contributed by atoms with Crippen LogP contribution in [0.15, 0.2) is 12.5 Å². The average molecular weight is 222 g/mol. The second kappa shape index (κ2) is 6.30. The van der Waals surface area contributed by atoms with E-state index in [0.717, 1.165) is 12.4 Å². The molecule has 0 fully saturated rings. The van der Waals surface area contributed by atoms with Crippen LogP contribution >= 0.6 is 0 Å². The van der Waals surface area contributed by atoms with Crippen LogP contribution in [0.4, 0.5) is 11.5 Å². The summed E-state index contributed by atoms with van der Waals surface area (Å²) in [5, 5.41) is 0. The van der Waals surface area contributed by atoms with Gasteiger partial charge in [0.2, 0.25) is 0 Å². The Balaban J connectivity index is 2.74. The smallest absolute Gasteiger partial charge is 0.155 e. The van der Waals surface area contributed by atoms with E-state index in [-0.39, 0.29) is 0 Å². The van der Waals surface area contributed by atoms with E-state index < -0.39 is 0 Å². The normalized spacial score (nSPS) is 10.8. The van der Waals surface area contributed by atoms with E-state index in [9.17, 15) is 0 Å². The van der Waals surface area contributed by atoms with Crippen LogP contribution in [0.3, 0.4) is 0 Å². The van der Waals surface area contributed by atoms with E-state index in [1.807, 2.05) is 0 Å². The monoisotopic (exact) mass is 222 g/mol. The zero-order valence-corrected chi connectivity index (χ0v) is 10.5. The Hall–Kier alpha value is -1.32. The van der Waals surface area contributed by atoms with Crippen LogP contribution in [0, 0.1) is 0 Å². The molecule has 0 aromatic carbocycles. The molecule has 1 heterocycles. The van der Waals surface area contributed by atoms with Crippen LogP contribution in [0.5, 0.6) is 0 Å². The third-order valence-electron chi connectivity index (χ3n) is 2.62. The number of hydrogen-bond acceptors (Lipinski definition) is 4. The molecule has 0 bridgehead atoms. The first-order chi connectivity index (χ1) is 7.66. The van der Waals surface area contributed by atoms with E-state index in [4.69, 9.17) is 5.73 Å².